The van der Waals surface area contributed by atoms with Gasteiger partial charge in [0, 0.05) is 12.6 Å². The predicted molar refractivity (Wildman–Crippen MR) is 77.0 cm³/mol. The van der Waals surface area contributed by atoms with Gasteiger partial charge in [-0.1, -0.05) is 26.2 Å². The number of ether oxygens (including phenoxy) is 1. The van der Waals surface area contributed by atoms with Crippen LogP contribution in [0, 0.1) is 5.92 Å². The van der Waals surface area contributed by atoms with Crippen molar-refractivity contribution in [2.75, 3.05) is 13.2 Å². The molecule has 0 radical (unpaired) electrons. The maximum absolute atomic E-state index is 5.59. The Hall–Kier alpha value is -0.800. The fourth-order valence-corrected chi connectivity index (χ4v) is 2.99. The van der Waals surface area contributed by atoms with Crippen molar-refractivity contribution in [1.29, 1.82) is 0 Å². The van der Waals surface area contributed by atoms with Gasteiger partial charge in [0.2, 0.25) is 0 Å². The van der Waals surface area contributed by atoms with Crippen LogP contribution in [-0.2, 0) is 11.3 Å². The van der Waals surface area contributed by atoms with Crippen LogP contribution in [-0.4, -0.2) is 19.2 Å². The molecule has 1 aromatic rings. The van der Waals surface area contributed by atoms with Gasteiger partial charge < -0.3 is 14.5 Å². The fraction of sp³-hybridized carbons (Fsp3) is 0.750. The molecule has 0 spiro atoms. The van der Waals surface area contributed by atoms with Crippen LogP contribution in [0.5, 0.6) is 0 Å². The van der Waals surface area contributed by atoms with Gasteiger partial charge in [0.1, 0.15) is 12.4 Å². The summed E-state index contributed by atoms with van der Waals surface area (Å²) in [5.41, 5.74) is 0. The van der Waals surface area contributed by atoms with Crippen molar-refractivity contribution in [1.82, 2.24) is 5.32 Å². The standard InChI is InChI=1S/C16H27NO2/c1-2-14-7-3-4-9-16(14)17-10-6-11-18-13-15-8-5-12-19-15/h5,8,12,14,16-17H,2-4,6-7,9-11,13H2,1H3. The van der Waals surface area contributed by atoms with Crippen LogP contribution >= 0.6 is 0 Å². The van der Waals surface area contributed by atoms with Gasteiger partial charge in [-0.25, -0.2) is 0 Å². The number of rotatable bonds is 8. The van der Waals surface area contributed by atoms with Crippen LogP contribution in [0.4, 0.5) is 0 Å². The first-order valence-electron chi connectivity index (χ1n) is 7.73. The van der Waals surface area contributed by atoms with E-state index in [0.29, 0.717) is 6.61 Å². The maximum Gasteiger partial charge on any atom is 0.129 e. The molecule has 1 N–H and O–H groups in total. The van der Waals surface area contributed by atoms with E-state index in [1.807, 2.05) is 12.1 Å². The van der Waals surface area contributed by atoms with Crippen molar-refractivity contribution < 1.29 is 9.15 Å². The minimum atomic E-state index is 0.591. The molecule has 1 aromatic heterocycles. The van der Waals surface area contributed by atoms with Crippen molar-refractivity contribution in [2.24, 2.45) is 5.92 Å². The topological polar surface area (TPSA) is 34.4 Å². The van der Waals surface area contributed by atoms with Crippen LogP contribution in [0.2, 0.25) is 0 Å². The summed E-state index contributed by atoms with van der Waals surface area (Å²) in [6.45, 7) is 4.78. The van der Waals surface area contributed by atoms with Gasteiger partial charge >= 0.3 is 0 Å². The van der Waals surface area contributed by atoms with Crippen molar-refractivity contribution in [3.63, 3.8) is 0 Å². The molecule has 0 aromatic carbocycles. The largest absolute Gasteiger partial charge is 0.467 e. The molecule has 1 aliphatic carbocycles. The molecule has 1 saturated carbocycles. The van der Waals surface area contributed by atoms with Crippen molar-refractivity contribution in [3.8, 4) is 0 Å². The maximum atomic E-state index is 5.59. The number of furan rings is 1. The zero-order chi connectivity index (χ0) is 13.3. The molecule has 0 amide bonds. The van der Waals surface area contributed by atoms with Crippen molar-refractivity contribution >= 4 is 0 Å². The third-order valence-electron chi connectivity index (χ3n) is 4.13. The Morgan fingerprint density at radius 3 is 3.05 bits per heavy atom. The molecule has 2 unspecified atom stereocenters. The van der Waals surface area contributed by atoms with Gasteiger partial charge in [-0.3, -0.25) is 0 Å². The summed E-state index contributed by atoms with van der Waals surface area (Å²) >= 11 is 0. The molecule has 3 heteroatoms. The zero-order valence-electron chi connectivity index (χ0n) is 12.1. The van der Waals surface area contributed by atoms with Gasteiger partial charge in [-0.15, -0.1) is 0 Å². The summed E-state index contributed by atoms with van der Waals surface area (Å²) in [6, 6.07) is 4.59. The number of hydrogen-bond acceptors (Lipinski definition) is 3. The average Bonchev–Trinajstić information content (AvgIpc) is 2.96. The Morgan fingerprint density at radius 2 is 2.26 bits per heavy atom. The predicted octanol–water partition coefficient (Wildman–Crippen LogP) is 3.74. The molecule has 0 bridgehead atoms. The molecule has 1 fully saturated rings. The average molecular weight is 265 g/mol. The number of nitrogens with one attached hydrogen (secondary N) is 1. The van der Waals surface area contributed by atoms with Crippen LogP contribution in [0.3, 0.4) is 0 Å². The third-order valence-corrected chi connectivity index (χ3v) is 4.13. The smallest absolute Gasteiger partial charge is 0.129 e. The molecular formula is C16H27NO2. The molecule has 2 rings (SSSR count). The summed E-state index contributed by atoms with van der Waals surface area (Å²) in [4.78, 5) is 0. The van der Waals surface area contributed by atoms with Crippen molar-refractivity contribution in [3.05, 3.63) is 24.2 Å². The molecule has 0 aliphatic heterocycles. The Labute approximate surface area is 116 Å². The Kier molecular flexibility index (Phi) is 6.45. The molecule has 19 heavy (non-hydrogen) atoms. The zero-order valence-corrected chi connectivity index (χ0v) is 12.1. The summed E-state index contributed by atoms with van der Waals surface area (Å²) in [7, 11) is 0. The summed E-state index contributed by atoms with van der Waals surface area (Å²) < 4.78 is 10.8. The molecular weight excluding hydrogens is 238 g/mol. The van der Waals surface area contributed by atoms with Gasteiger partial charge in [-0.2, -0.15) is 0 Å². The monoisotopic (exact) mass is 265 g/mol. The van der Waals surface area contributed by atoms with Crippen LogP contribution < -0.4 is 5.32 Å². The summed E-state index contributed by atoms with van der Waals surface area (Å²) in [5, 5.41) is 3.71. The minimum Gasteiger partial charge on any atom is -0.467 e. The Bertz CT molecular complexity index is 323. The van der Waals surface area contributed by atoms with E-state index in [2.05, 4.69) is 12.2 Å². The highest BCUT2D eigenvalue weighted by atomic mass is 16.5. The summed E-state index contributed by atoms with van der Waals surface area (Å²) in [6.07, 6.45) is 9.65. The Balaban J connectivity index is 1.51. The molecule has 1 aliphatic rings. The first-order chi connectivity index (χ1) is 9.40. The molecule has 2 atom stereocenters. The highest BCUT2D eigenvalue weighted by Crippen LogP contribution is 2.26. The highest BCUT2D eigenvalue weighted by Gasteiger charge is 2.22. The quantitative estimate of drug-likeness (QED) is 0.727. The first kappa shape index (κ1) is 14.6. The van der Waals surface area contributed by atoms with Gasteiger partial charge in [0.25, 0.3) is 0 Å². The van der Waals surface area contributed by atoms with E-state index in [1.165, 1.54) is 32.1 Å². The van der Waals surface area contributed by atoms with Crippen LogP contribution in [0.25, 0.3) is 0 Å². The van der Waals surface area contributed by atoms with E-state index in [1.54, 1.807) is 6.26 Å². The molecule has 3 nitrogen and oxygen atoms in total. The molecule has 1 heterocycles. The summed E-state index contributed by atoms with van der Waals surface area (Å²) in [5.74, 6) is 1.80. The Morgan fingerprint density at radius 1 is 1.37 bits per heavy atom. The van der Waals surface area contributed by atoms with E-state index in [-0.39, 0.29) is 0 Å². The van der Waals surface area contributed by atoms with E-state index in [4.69, 9.17) is 9.15 Å². The lowest BCUT2D eigenvalue weighted by molar-refractivity contribution is 0.102. The second-order valence-corrected chi connectivity index (χ2v) is 5.50. The molecule has 0 saturated heterocycles. The van der Waals surface area contributed by atoms with Crippen molar-refractivity contribution in [2.45, 2.75) is 58.1 Å². The number of hydrogen-bond donors (Lipinski definition) is 1. The normalized spacial score (nSPS) is 23.6. The second kappa shape index (κ2) is 8.39. The highest BCUT2D eigenvalue weighted by molar-refractivity contribution is 4.95. The SMILES string of the molecule is CCC1CCCCC1NCCCOCc1ccco1. The van der Waals surface area contributed by atoms with Gasteiger partial charge in [0.05, 0.1) is 6.26 Å². The minimum absolute atomic E-state index is 0.591. The first-order valence-corrected chi connectivity index (χ1v) is 7.73. The van der Waals surface area contributed by atoms with Crippen LogP contribution in [0.15, 0.2) is 22.8 Å². The lowest BCUT2D eigenvalue weighted by Crippen LogP contribution is -2.39. The third kappa shape index (κ3) is 5.00. The van der Waals surface area contributed by atoms with E-state index in [0.717, 1.165) is 37.3 Å². The lowest BCUT2D eigenvalue weighted by Gasteiger charge is -2.31. The van der Waals surface area contributed by atoms with E-state index in [9.17, 15) is 0 Å². The van der Waals surface area contributed by atoms with Gasteiger partial charge in [0.15, 0.2) is 0 Å². The van der Waals surface area contributed by atoms with E-state index >= 15 is 0 Å². The fourth-order valence-electron chi connectivity index (χ4n) is 2.99. The van der Waals surface area contributed by atoms with Gasteiger partial charge in [-0.05, 0) is 43.9 Å². The van der Waals surface area contributed by atoms with E-state index < -0.39 is 0 Å². The second-order valence-electron chi connectivity index (χ2n) is 5.50. The lowest BCUT2D eigenvalue weighted by atomic mass is 9.83. The molecule has 108 valence electrons. The van der Waals surface area contributed by atoms with Crippen LogP contribution in [0.1, 0.15) is 51.2 Å².